The van der Waals surface area contributed by atoms with Crippen LogP contribution in [0.2, 0.25) is 0 Å². The van der Waals surface area contributed by atoms with Gasteiger partial charge in [-0.3, -0.25) is 19.2 Å². The smallest absolute Gasteiger partial charge is 0.303 e. The van der Waals surface area contributed by atoms with Crippen molar-refractivity contribution in [1.82, 2.24) is 0 Å². The number of carbonyl (C=O) groups excluding carboxylic acids is 4. The Bertz CT molecular complexity index is 449. The second kappa shape index (κ2) is 7.51. The van der Waals surface area contributed by atoms with E-state index in [1.807, 2.05) is 0 Å². The molecule has 0 unspecified atom stereocenters. The molecule has 0 aromatic carbocycles. The lowest BCUT2D eigenvalue weighted by Gasteiger charge is -2.37. The first-order valence-corrected chi connectivity index (χ1v) is 6.95. The van der Waals surface area contributed by atoms with Gasteiger partial charge in [-0.25, -0.2) is 0 Å². The average molecular weight is 367 g/mol. The molecule has 4 atom stereocenters. The van der Waals surface area contributed by atoms with E-state index in [1.165, 1.54) is 6.92 Å². The lowest BCUT2D eigenvalue weighted by atomic mass is 10.0. The van der Waals surface area contributed by atoms with Gasteiger partial charge in [0.25, 0.3) is 0 Å². The minimum Gasteiger partial charge on any atom is -0.463 e. The summed E-state index contributed by atoms with van der Waals surface area (Å²) < 4.78 is 20.0. The van der Waals surface area contributed by atoms with Crippen LogP contribution in [0.1, 0.15) is 20.8 Å². The fourth-order valence-corrected chi connectivity index (χ4v) is 2.29. The van der Waals surface area contributed by atoms with Crippen LogP contribution in [0.25, 0.3) is 0 Å². The quantitative estimate of drug-likeness (QED) is 0.392. The summed E-state index contributed by atoms with van der Waals surface area (Å²) in [5.74, 6) is -2.56. The Morgan fingerprint density at radius 2 is 1.67 bits per heavy atom. The number of ketones is 1. The van der Waals surface area contributed by atoms with E-state index >= 15 is 0 Å². The number of hydrogen-bond donors (Lipinski definition) is 0. The molecule has 1 rings (SSSR count). The van der Waals surface area contributed by atoms with Gasteiger partial charge in [0.15, 0.2) is 11.1 Å². The van der Waals surface area contributed by atoms with Gasteiger partial charge >= 0.3 is 17.9 Å². The summed E-state index contributed by atoms with van der Waals surface area (Å²) in [5.41, 5.74) is 0. The molecule has 21 heavy (non-hydrogen) atoms. The van der Waals surface area contributed by atoms with Crippen molar-refractivity contribution in [3.05, 3.63) is 0 Å². The molecule has 0 bridgehead atoms. The second-order valence-electron chi connectivity index (χ2n) is 4.30. The third-order valence-electron chi connectivity index (χ3n) is 2.51. The molecule has 118 valence electrons. The van der Waals surface area contributed by atoms with Crippen LogP contribution in [0.4, 0.5) is 0 Å². The van der Waals surface area contributed by atoms with E-state index < -0.39 is 47.0 Å². The van der Waals surface area contributed by atoms with Crippen molar-refractivity contribution in [3.63, 3.8) is 0 Å². The van der Waals surface area contributed by atoms with Crippen molar-refractivity contribution in [2.45, 2.75) is 44.1 Å². The summed E-state index contributed by atoms with van der Waals surface area (Å²) in [6.45, 7) is 3.21. The van der Waals surface area contributed by atoms with Crippen molar-refractivity contribution in [2.24, 2.45) is 0 Å². The van der Waals surface area contributed by atoms with Gasteiger partial charge in [0, 0.05) is 20.8 Å². The Morgan fingerprint density at radius 1 is 1.10 bits per heavy atom. The van der Waals surface area contributed by atoms with Crippen molar-refractivity contribution in [3.8, 4) is 0 Å². The summed E-state index contributed by atoms with van der Waals surface area (Å²) in [4.78, 5) is 45.1. The maximum Gasteiger partial charge on any atom is 0.303 e. The molecule has 8 nitrogen and oxygen atoms in total. The van der Waals surface area contributed by atoms with Crippen LogP contribution < -0.4 is 0 Å². The lowest BCUT2D eigenvalue weighted by molar-refractivity contribution is -0.202. The summed E-state index contributed by atoms with van der Waals surface area (Å²) >= 11 is 2.98. The van der Waals surface area contributed by atoms with Crippen LogP contribution in [0, 0.1) is 0 Å². The molecule has 0 aromatic heterocycles. The predicted octanol–water partition coefficient (Wildman–Crippen LogP) is 0.102. The Hall–Kier alpha value is -1.48. The van der Waals surface area contributed by atoms with Crippen LogP contribution in [0.3, 0.4) is 0 Å². The molecule has 0 amide bonds. The summed E-state index contributed by atoms with van der Waals surface area (Å²) in [5, 5.41) is -1.06. The maximum absolute atomic E-state index is 12.0. The molecule has 0 spiro atoms. The summed E-state index contributed by atoms with van der Waals surface area (Å²) in [7, 11) is 0. The van der Waals surface area contributed by atoms with Crippen LogP contribution in [-0.4, -0.2) is 53.6 Å². The highest BCUT2D eigenvalue weighted by molar-refractivity contribution is 9.09. The highest BCUT2D eigenvalue weighted by atomic mass is 79.9. The molecule has 9 heteroatoms. The standard InChI is InChI=1S/C12H15BrO8/c1-5(14)18-4-8-10(19-6(2)15)11(20-7(3)16)9(17)12(13)21-8/h8,10-12H,4H2,1-3H3/t8-,10+,11-,12+/m1/s1. The van der Waals surface area contributed by atoms with E-state index in [2.05, 4.69) is 15.9 Å². The number of alkyl halides is 1. The Labute approximate surface area is 129 Å². The van der Waals surface area contributed by atoms with E-state index in [4.69, 9.17) is 18.9 Å². The molecule has 1 aliphatic heterocycles. The van der Waals surface area contributed by atoms with Gasteiger partial charge in [-0.1, -0.05) is 0 Å². The number of Topliss-reactive ketones (excluding diaryl/α,β-unsaturated/α-hetero) is 1. The molecular weight excluding hydrogens is 352 g/mol. The normalized spacial score (nSPS) is 28.7. The first-order chi connectivity index (χ1) is 9.72. The topological polar surface area (TPSA) is 105 Å². The monoisotopic (exact) mass is 366 g/mol. The molecule has 0 saturated carbocycles. The molecular formula is C12H15BrO8. The van der Waals surface area contributed by atoms with E-state index in [0.717, 1.165) is 13.8 Å². The first-order valence-electron chi connectivity index (χ1n) is 6.03. The van der Waals surface area contributed by atoms with Crippen LogP contribution in [0.15, 0.2) is 0 Å². The fourth-order valence-electron chi connectivity index (χ4n) is 1.75. The number of ether oxygens (including phenoxy) is 4. The third kappa shape index (κ3) is 5.09. The van der Waals surface area contributed by atoms with Crippen LogP contribution in [0.5, 0.6) is 0 Å². The number of hydrogen-bond acceptors (Lipinski definition) is 8. The van der Waals surface area contributed by atoms with Gasteiger partial charge in [0.2, 0.25) is 11.9 Å². The maximum atomic E-state index is 12.0. The Balaban J connectivity index is 2.97. The molecule has 0 N–H and O–H groups in total. The Morgan fingerprint density at radius 3 is 2.14 bits per heavy atom. The van der Waals surface area contributed by atoms with Gasteiger partial charge in [-0.05, 0) is 15.9 Å². The summed E-state index contributed by atoms with van der Waals surface area (Å²) in [6, 6.07) is 0. The molecule has 1 fully saturated rings. The Kier molecular flexibility index (Phi) is 6.28. The van der Waals surface area contributed by atoms with E-state index in [1.54, 1.807) is 0 Å². The highest BCUT2D eigenvalue weighted by Gasteiger charge is 2.48. The average Bonchev–Trinajstić information content (AvgIpc) is 2.35. The zero-order chi connectivity index (χ0) is 16.2. The van der Waals surface area contributed by atoms with Gasteiger partial charge in [0.05, 0.1) is 0 Å². The second-order valence-corrected chi connectivity index (χ2v) is 5.13. The number of rotatable bonds is 4. The first kappa shape index (κ1) is 17.6. The summed E-state index contributed by atoms with van der Waals surface area (Å²) in [6.07, 6.45) is -3.46. The minimum absolute atomic E-state index is 0.250. The van der Waals surface area contributed by atoms with Gasteiger partial charge in [0.1, 0.15) is 12.7 Å². The van der Waals surface area contributed by atoms with Crippen molar-refractivity contribution in [1.29, 1.82) is 0 Å². The third-order valence-corrected chi connectivity index (χ3v) is 3.18. The van der Waals surface area contributed by atoms with E-state index in [0.29, 0.717) is 0 Å². The fraction of sp³-hybridized carbons (Fsp3) is 0.667. The molecule has 1 saturated heterocycles. The van der Waals surface area contributed by atoms with Crippen LogP contribution in [-0.2, 0) is 38.1 Å². The zero-order valence-electron chi connectivity index (χ0n) is 11.7. The number of esters is 3. The lowest BCUT2D eigenvalue weighted by Crippen LogP contribution is -2.57. The SMILES string of the molecule is CC(=O)OC[C@H]1O[C@H](Br)C(=O)[C@@H](OC(C)=O)[C@H]1OC(C)=O. The molecule has 1 aliphatic rings. The van der Waals surface area contributed by atoms with Crippen molar-refractivity contribution >= 4 is 39.6 Å². The predicted molar refractivity (Wildman–Crippen MR) is 70.3 cm³/mol. The van der Waals surface area contributed by atoms with Crippen molar-refractivity contribution < 1.29 is 38.1 Å². The molecule has 1 heterocycles. The van der Waals surface area contributed by atoms with E-state index in [9.17, 15) is 19.2 Å². The van der Waals surface area contributed by atoms with Gasteiger partial charge < -0.3 is 18.9 Å². The van der Waals surface area contributed by atoms with Crippen molar-refractivity contribution in [2.75, 3.05) is 6.61 Å². The minimum atomic E-state index is -1.33. The molecule has 0 aromatic rings. The highest BCUT2D eigenvalue weighted by Crippen LogP contribution is 2.26. The van der Waals surface area contributed by atoms with Gasteiger partial charge in [-0.2, -0.15) is 0 Å². The zero-order valence-corrected chi connectivity index (χ0v) is 13.2. The largest absolute Gasteiger partial charge is 0.463 e. The molecule has 0 radical (unpaired) electrons. The number of carbonyl (C=O) groups is 4. The number of halogens is 1. The van der Waals surface area contributed by atoms with Gasteiger partial charge in [-0.15, -0.1) is 0 Å². The van der Waals surface area contributed by atoms with Crippen LogP contribution >= 0.6 is 15.9 Å². The van der Waals surface area contributed by atoms with E-state index in [-0.39, 0.29) is 6.61 Å². The molecule has 0 aliphatic carbocycles.